The maximum Gasteiger partial charge on any atom is 0.305 e. The van der Waals surface area contributed by atoms with E-state index < -0.39 is 0 Å². The van der Waals surface area contributed by atoms with Gasteiger partial charge in [-0.3, -0.25) is 4.79 Å². The third-order valence-corrected chi connectivity index (χ3v) is 3.40. The normalized spacial score (nSPS) is 12.2. The first-order chi connectivity index (χ1) is 9.67. The van der Waals surface area contributed by atoms with Gasteiger partial charge in [-0.15, -0.1) is 0 Å². The summed E-state index contributed by atoms with van der Waals surface area (Å²) < 4.78 is 4.90. The van der Waals surface area contributed by atoms with Crippen LogP contribution in [0.3, 0.4) is 0 Å². The molecule has 1 rings (SSSR count). The van der Waals surface area contributed by atoms with Gasteiger partial charge in [0.15, 0.2) is 0 Å². The van der Waals surface area contributed by atoms with Crippen LogP contribution >= 0.6 is 0 Å². The summed E-state index contributed by atoms with van der Waals surface area (Å²) in [5.41, 5.74) is 8.73. The zero-order chi connectivity index (χ0) is 14.8. The Hall–Kier alpha value is -1.35. The van der Waals surface area contributed by atoms with Crippen molar-refractivity contribution in [1.29, 1.82) is 0 Å². The zero-order valence-corrected chi connectivity index (χ0v) is 12.7. The van der Waals surface area contributed by atoms with Gasteiger partial charge in [-0.05, 0) is 37.3 Å². The molecule has 0 aliphatic rings. The van der Waals surface area contributed by atoms with Crippen LogP contribution in [0.2, 0.25) is 0 Å². The lowest BCUT2D eigenvalue weighted by Crippen LogP contribution is -2.10. The minimum absolute atomic E-state index is 0.0628. The van der Waals surface area contributed by atoms with E-state index in [1.54, 1.807) is 0 Å². The first-order valence-electron chi connectivity index (χ1n) is 7.67. The smallest absolute Gasteiger partial charge is 0.305 e. The molecule has 0 saturated heterocycles. The summed E-state index contributed by atoms with van der Waals surface area (Å²) in [5.74, 6) is -0.106. The Bertz CT molecular complexity index is 386. The van der Waals surface area contributed by atoms with Gasteiger partial charge in [0.25, 0.3) is 0 Å². The van der Waals surface area contributed by atoms with Gasteiger partial charge in [0, 0.05) is 12.5 Å². The van der Waals surface area contributed by atoms with Crippen LogP contribution in [0.1, 0.15) is 63.1 Å². The second-order valence-electron chi connectivity index (χ2n) is 5.15. The van der Waals surface area contributed by atoms with Gasteiger partial charge in [0.05, 0.1) is 6.61 Å². The fraction of sp³-hybridized carbons (Fsp3) is 0.588. The molecule has 1 aromatic carbocycles. The van der Waals surface area contributed by atoms with Gasteiger partial charge in [0.2, 0.25) is 0 Å². The van der Waals surface area contributed by atoms with E-state index in [0.717, 1.165) is 25.7 Å². The fourth-order valence-electron chi connectivity index (χ4n) is 2.25. The van der Waals surface area contributed by atoms with Crippen LogP contribution in [0.25, 0.3) is 0 Å². The molecule has 20 heavy (non-hydrogen) atoms. The molecule has 0 saturated carbocycles. The Kier molecular flexibility index (Phi) is 7.97. The lowest BCUT2D eigenvalue weighted by atomic mass is 9.99. The molecule has 112 valence electrons. The maximum atomic E-state index is 11.2. The molecule has 0 amide bonds. The molecular weight excluding hydrogens is 250 g/mol. The molecule has 0 fully saturated rings. The first-order valence-corrected chi connectivity index (χ1v) is 7.67. The van der Waals surface area contributed by atoms with E-state index in [4.69, 9.17) is 10.5 Å². The lowest BCUT2D eigenvalue weighted by Gasteiger charge is -2.12. The molecule has 1 aromatic rings. The van der Waals surface area contributed by atoms with Crippen LogP contribution in [-0.4, -0.2) is 12.6 Å². The SMILES string of the molecule is CCCc1ccc(C(N)CCCCC(=O)OCC)cc1. The fourth-order valence-corrected chi connectivity index (χ4v) is 2.25. The highest BCUT2D eigenvalue weighted by atomic mass is 16.5. The van der Waals surface area contributed by atoms with E-state index in [1.807, 2.05) is 6.92 Å². The van der Waals surface area contributed by atoms with E-state index in [-0.39, 0.29) is 12.0 Å². The predicted octanol–water partition coefficient (Wildman–Crippen LogP) is 3.76. The van der Waals surface area contributed by atoms with Crippen molar-refractivity contribution in [2.75, 3.05) is 6.61 Å². The highest BCUT2D eigenvalue weighted by Crippen LogP contribution is 2.18. The standard InChI is InChI=1S/C17H27NO2/c1-3-7-14-10-12-15(13-11-14)16(18)8-5-6-9-17(19)20-4-2/h10-13,16H,3-9,18H2,1-2H3. The quantitative estimate of drug-likeness (QED) is 0.552. The van der Waals surface area contributed by atoms with Gasteiger partial charge in [0.1, 0.15) is 0 Å². The number of hydrogen-bond acceptors (Lipinski definition) is 3. The number of hydrogen-bond donors (Lipinski definition) is 1. The van der Waals surface area contributed by atoms with Crippen LogP contribution in [0, 0.1) is 0 Å². The molecule has 0 bridgehead atoms. The number of rotatable bonds is 9. The van der Waals surface area contributed by atoms with Gasteiger partial charge < -0.3 is 10.5 Å². The Morgan fingerprint density at radius 3 is 2.50 bits per heavy atom. The highest BCUT2D eigenvalue weighted by molar-refractivity contribution is 5.69. The van der Waals surface area contributed by atoms with E-state index in [9.17, 15) is 4.79 Å². The van der Waals surface area contributed by atoms with Crippen molar-refractivity contribution in [2.24, 2.45) is 5.73 Å². The number of aryl methyl sites for hydroxylation is 1. The van der Waals surface area contributed by atoms with E-state index >= 15 is 0 Å². The van der Waals surface area contributed by atoms with Gasteiger partial charge in [-0.2, -0.15) is 0 Å². The average molecular weight is 277 g/mol. The second-order valence-corrected chi connectivity index (χ2v) is 5.15. The van der Waals surface area contributed by atoms with Crippen LogP contribution in [-0.2, 0) is 16.0 Å². The molecule has 1 atom stereocenters. The van der Waals surface area contributed by atoms with Crippen molar-refractivity contribution in [1.82, 2.24) is 0 Å². The Labute approximate surface area is 122 Å². The lowest BCUT2D eigenvalue weighted by molar-refractivity contribution is -0.143. The third-order valence-electron chi connectivity index (χ3n) is 3.40. The molecule has 3 heteroatoms. The number of unbranched alkanes of at least 4 members (excludes halogenated alkanes) is 1. The molecule has 0 aliphatic heterocycles. The summed E-state index contributed by atoms with van der Waals surface area (Å²) in [6, 6.07) is 8.64. The summed E-state index contributed by atoms with van der Waals surface area (Å²) in [4.78, 5) is 11.2. The van der Waals surface area contributed by atoms with Crippen molar-refractivity contribution >= 4 is 5.97 Å². The molecule has 0 heterocycles. The Morgan fingerprint density at radius 1 is 1.20 bits per heavy atom. The summed E-state index contributed by atoms with van der Waals surface area (Å²) in [5, 5.41) is 0. The number of esters is 1. The molecule has 0 aromatic heterocycles. The molecule has 2 N–H and O–H groups in total. The van der Waals surface area contributed by atoms with Crippen LogP contribution in [0.4, 0.5) is 0 Å². The average Bonchev–Trinajstić information content (AvgIpc) is 2.45. The highest BCUT2D eigenvalue weighted by Gasteiger charge is 2.07. The maximum absolute atomic E-state index is 11.2. The number of ether oxygens (including phenoxy) is 1. The van der Waals surface area contributed by atoms with Crippen molar-refractivity contribution < 1.29 is 9.53 Å². The number of nitrogens with two attached hydrogens (primary N) is 1. The predicted molar refractivity (Wildman–Crippen MR) is 82.5 cm³/mol. The molecule has 1 unspecified atom stereocenters. The second kappa shape index (κ2) is 9.54. The number of carbonyl (C=O) groups is 1. The van der Waals surface area contributed by atoms with Crippen LogP contribution in [0.15, 0.2) is 24.3 Å². The molecule has 0 aliphatic carbocycles. The summed E-state index contributed by atoms with van der Waals surface area (Å²) in [6.45, 7) is 4.47. The van der Waals surface area contributed by atoms with E-state index in [0.29, 0.717) is 13.0 Å². The zero-order valence-electron chi connectivity index (χ0n) is 12.7. The molecule has 0 spiro atoms. The van der Waals surface area contributed by atoms with Crippen molar-refractivity contribution in [2.45, 2.75) is 58.4 Å². The number of benzene rings is 1. The van der Waals surface area contributed by atoms with E-state index in [2.05, 4.69) is 31.2 Å². The monoisotopic (exact) mass is 277 g/mol. The van der Waals surface area contributed by atoms with Crippen LogP contribution in [0.5, 0.6) is 0 Å². The minimum atomic E-state index is -0.106. The van der Waals surface area contributed by atoms with E-state index in [1.165, 1.54) is 17.5 Å². The summed E-state index contributed by atoms with van der Waals surface area (Å²) in [7, 11) is 0. The Morgan fingerprint density at radius 2 is 1.90 bits per heavy atom. The first kappa shape index (κ1) is 16.7. The topological polar surface area (TPSA) is 52.3 Å². The Balaban J connectivity index is 2.28. The minimum Gasteiger partial charge on any atom is -0.466 e. The van der Waals surface area contributed by atoms with Gasteiger partial charge >= 0.3 is 5.97 Å². The molecule has 3 nitrogen and oxygen atoms in total. The largest absolute Gasteiger partial charge is 0.466 e. The molecule has 0 radical (unpaired) electrons. The van der Waals surface area contributed by atoms with Gasteiger partial charge in [-0.1, -0.05) is 44.0 Å². The van der Waals surface area contributed by atoms with Gasteiger partial charge in [-0.25, -0.2) is 0 Å². The molecular formula is C17H27NO2. The van der Waals surface area contributed by atoms with Crippen LogP contribution < -0.4 is 5.73 Å². The van der Waals surface area contributed by atoms with Crippen molar-refractivity contribution in [3.8, 4) is 0 Å². The third kappa shape index (κ3) is 6.20. The van der Waals surface area contributed by atoms with Crippen molar-refractivity contribution in [3.63, 3.8) is 0 Å². The summed E-state index contributed by atoms with van der Waals surface area (Å²) >= 11 is 0. The number of carbonyl (C=O) groups excluding carboxylic acids is 1. The summed E-state index contributed by atoms with van der Waals surface area (Å²) in [6.07, 6.45) is 5.49. The van der Waals surface area contributed by atoms with Crippen molar-refractivity contribution in [3.05, 3.63) is 35.4 Å².